The number of aryl methyl sites for hydroxylation is 1. The van der Waals surface area contributed by atoms with Crippen LogP contribution in [0.1, 0.15) is 17.5 Å². The minimum absolute atomic E-state index is 0.231. The summed E-state index contributed by atoms with van der Waals surface area (Å²) < 4.78 is 66.2. The summed E-state index contributed by atoms with van der Waals surface area (Å²) in [7, 11) is -3.64. The van der Waals surface area contributed by atoms with Crippen molar-refractivity contribution in [2.45, 2.75) is 24.4 Å². The van der Waals surface area contributed by atoms with Crippen molar-refractivity contribution < 1.29 is 21.6 Å². The van der Waals surface area contributed by atoms with E-state index in [0.717, 1.165) is 22.3 Å². The maximum atomic E-state index is 13.0. The first-order chi connectivity index (χ1) is 13.1. The molecule has 1 fully saturated rings. The Labute approximate surface area is 170 Å². The molecule has 10 heteroatoms. The molecule has 0 saturated carbocycles. The van der Waals surface area contributed by atoms with E-state index in [9.17, 15) is 21.6 Å². The number of rotatable bonds is 3. The van der Waals surface area contributed by atoms with Crippen molar-refractivity contribution in [2.24, 2.45) is 0 Å². The zero-order valence-corrected chi connectivity index (χ0v) is 17.5. The maximum Gasteiger partial charge on any atom is 0.417 e. The molecular formula is C18H19BrF3N3O2S. The van der Waals surface area contributed by atoms with Gasteiger partial charge in [0.25, 0.3) is 0 Å². The van der Waals surface area contributed by atoms with Crippen LogP contribution >= 0.6 is 15.9 Å². The number of benzene rings is 1. The maximum absolute atomic E-state index is 13.0. The third-order valence-electron chi connectivity index (χ3n) is 4.62. The SMILES string of the molecule is Cc1cc(S(=O)(=O)N2CCCN(c3ccc(C(F)(F)F)cn3)CC2)ccc1Br. The van der Waals surface area contributed by atoms with Gasteiger partial charge in [-0.05, 0) is 49.2 Å². The molecule has 0 radical (unpaired) electrons. The van der Waals surface area contributed by atoms with Gasteiger partial charge in [0.1, 0.15) is 5.82 Å². The van der Waals surface area contributed by atoms with Crippen molar-refractivity contribution in [3.63, 3.8) is 0 Å². The van der Waals surface area contributed by atoms with Crippen LogP contribution in [0.3, 0.4) is 0 Å². The molecule has 2 heterocycles. The van der Waals surface area contributed by atoms with E-state index >= 15 is 0 Å². The lowest BCUT2D eigenvalue weighted by atomic mass is 10.2. The van der Waals surface area contributed by atoms with E-state index in [2.05, 4.69) is 20.9 Å². The average molecular weight is 478 g/mol. The fourth-order valence-corrected chi connectivity index (χ4v) is 4.83. The number of hydrogen-bond acceptors (Lipinski definition) is 4. The van der Waals surface area contributed by atoms with Gasteiger partial charge < -0.3 is 4.90 Å². The summed E-state index contributed by atoms with van der Waals surface area (Å²) >= 11 is 3.36. The molecule has 3 rings (SSSR count). The summed E-state index contributed by atoms with van der Waals surface area (Å²) in [6.07, 6.45) is -3.07. The van der Waals surface area contributed by atoms with Crippen molar-refractivity contribution >= 4 is 31.8 Å². The van der Waals surface area contributed by atoms with Gasteiger partial charge in [0.15, 0.2) is 0 Å². The molecule has 1 aliphatic rings. The Morgan fingerprint density at radius 1 is 1.07 bits per heavy atom. The second kappa shape index (κ2) is 8.00. The highest BCUT2D eigenvalue weighted by atomic mass is 79.9. The fourth-order valence-electron chi connectivity index (χ4n) is 3.03. The van der Waals surface area contributed by atoms with Crippen LogP contribution in [0.5, 0.6) is 0 Å². The molecule has 2 aromatic rings. The molecule has 5 nitrogen and oxygen atoms in total. The van der Waals surface area contributed by atoms with Gasteiger partial charge in [-0.25, -0.2) is 13.4 Å². The van der Waals surface area contributed by atoms with Gasteiger partial charge in [-0.2, -0.15) is 17.5 Å². The van der Waals surface area contributed by atoms with Gasteiger partial charge in [0.05, 0.1) is 10.5 Å². The number of alkyl halides is 3. The summed E-state index contributed by atoms with van der Waals surface area (Å²) in [6.45, 7) is 3.27. The topological polar surface area (TPSA) is 53.5 Å². The molecule has 1 aliphatic heterocycles. The van der Waals surface area contributed by atoms with Crippen molar-refractivity contribution in [2.75, 3.05) is 31.1 Å². The molecule has 0 atom stereocenters. The molecular weight excluding hydrogens is 459 g/mol. The molecule has 0 amide bonds. The number of pyridine rings is 1. The van der Waals surface area contributed by atoms with Gasteiger partial charge in [0, 0.05) is 36.8 Å². The lowest BCUT2D eigenvalue weighted by Gasteiger charge is -2.23. The van der Waals surface area contributed by atoms with E-state index < -0.39 is 21.8 Å². The van der Waals surface area contributed by atoms with E-state index in [1.54, 1.807) is 18.2 Å². The number of hydrogen-bond donors (Lipinski definition) is 0. The third-order valence-corrected chi connectivity index (χ3v) is 7.41. The zero-order valence-electron chi connectivity index (χ0n) is 15.1. The Balaban J connectivity index is 1.75. The summed E-state index contributed by atoms with van der Waals surface area (Å²) in [6, 6.07) is 7.21. The van der Waals surface area contributed by atoms with Gasteiger partial charge in [-0.15, -0.1) is 0 Å². The molecule has 0 N–H and O–H groups in total. The van der Waals surface area contributed by atoms with E-state index in [1.807, 2.05) is 11.8 Å². The summed E-state index contributed by atoms with van der Waals surface area (Å²) in [5.74, 6) is 0.409. The lowest BCUT2D eigenvalue weighted by molar-refractivity contribution is -0.137. The predicted molar refractivity (Wildman–Crippen MR) is 104 cm³/mol. The first-order valence-corrected chi connectivity index (χ1v) is 10.9. The molecule has 1 aromatic heterocycles. The predicted octanol–water partition coefficient (Wildman–Crippen LogP) is 4.07. The van der Waals surface area contributed by atoms with Gasteiger partial charge in [-0.3, -0.25) is 0 Å². The van der Waals surface area contributed by atoms with E-state index in [1.165, 1.54) is 10.4 Å². The molecule has 0 bridgehead atoms. The van der Waals surface area contributed by atoms with Crippen LogP contribution in [-0.2, 0) is 16.2 Å². The largest absolute Gasteiger partial charge is 0.417 e. The van der Waals surface area contributed by atoms with Crippen LogP contribution in [0.2, 0.25) is 0 Å². The van der Waals surface area contributed by atoms with Crippen molar-refractivity contribution in [1.82, 2.24) is 9.29 Å². The van der Waals surface area contributed by atoms with Crippen LogP contribution in [-0.4, -0.2) is 43.9 Å². The van der Waals surface area contributed by atoms with E-state index in [4.69, 9.17) is 0 Å². The number of aromatic nitrogens is 1. The fraction of sp³-hybridized carbons (Fsp3) is 0.389. The van der Waals surface area contributed by atoms with Gasteiger partial charge >= 0.3 is 6.18 Å². The Morgan fingerprint density at radius 2 is 1.82 bits per heavy atom. The standard InChI is InChI=1S/C18H19BrF3N3O2S/c1-13-11-15(4-5-16(13)19)28(26,27)25-8-2-7-24(9-10-25)17-6-3-14(12-23-17)18(20,21)22/h3-6,11-12H,2,7-10H2,1H3. The molecule has 1 aromatic carbocycles. The zero-order chi connectivity index (χ0) is 20.5. The molecule has 0 aliphatic carbocycles. The third kappa shape index (κ3) is 4.49. The highest BCUT2D eigenvalue weighted by molar-refractivity contribution is 9.10. The van der Waals surface area contributed by atoms with Crippen LogP contribution in [0.15, 0.2) is 45.9 Å². The Hall–Kier alpha value is -1.65. The average Bonchev–Trinajstić information content (AvgIpc) is 2.90. The van der Waals surface area contributed by atoms with E-state index in [0.29, 0.717) is 31.9 Å². The first-order valence-electron chi connectivity index (χ1n) is 8.63. The minimum atomic E-state index is -4.43. The Morgan fingerprint density at radius 3 is 2.43 bits per heavy atom. The number of sulfonamides is 1. The lowest BCUT2D eigenvalue weighted by Crippen LogP contribution is -2.35. The van der Waals surface area contributed by atoms with E-state index in [-0.39, 0.29) is 11.4 Å². The highest BCUT2D eigenvalue weighted by Gasteiger charge is 2.31. The van der Waals surface area contributed by atoms with Crippen LogP contribution < -0.4 is 4.90 Å². The molecule has 1 saturated heterocycles. The van der Waals surface area contributed by atoms with Gasteiger partial charge in [-0.1, -0.05) is 15.9 Å². The summed E-state index contributed by atoms with van der Waals surface area (Å²) in [5.41, 5.74) is 0.0207. The summed E-state index contributed by atoms with van der Waals surface area (Å²) in [5, 5.41) is 0. The minimum Gasteiger partial charge on any atom is -0.355 e. The monoisotopic (exact) mass is 477 g/mol. The van der Waals surface area contributed by atoms with Crippen LogP contribution in [0.25, 0.3) is 0 Å². The first kappa shape index (κ1) is 21.1. The number of nitrogens with zero attached hydrogens (tertiary/aromatic N) is 3. The Bertz CT molecular complexity index is 950. The number of anilines is 1. The van der Waals surface area contributed by atoms with Crippen molar-refractivity contribution in [1.29, 1.82) is 0 Å². The van der Waals surface area contributed by atoms with Crippen molar-refractivity contribution in [3.05, 3.63) is 52.1 Å². The second-order valence-electron chi connectivity index (χ2n) is 6.56. The molecule has 152 valence electrons. The summed E-state index contributed by atoms with van der Waals surface area (Å²) in [4.78, 5) is 5.95. The molecule has 28 heavy (non-hydrogen) atoms. The van der Waals surface area contributed by atoms with Crippen LogP contribution in [0, 0.1) is 6.92 Å². The van der Waals surface area contributed by atoms with Crippen molar-refractivity contribution in [3.8, 4) is 0 Å². The highest BCUT2D eigenvalue weighted by Crippen LogP contribution is 2.30. The smallest absolute Gasteiger partial charge is 0.355 e. The van der Waals surface area contributed by atoms with Gasteiger partial charge in [0.2, 0.25) is 10.0 Å². The second-order valence-corrected chi connectivity index (χ2v) is 9.35. The quantitative estimate of drug-likeness (QED) is 0.668. The Kier molecular flexibility index (Phi) is 6.02. The normalized spacial score (nSPS) is 16.8. The molecule has 0 unspecified atom stereocenters. The number of halogens is 4. The van der Waals surface area contributed by atoms with Crippen LogP contribution in [0.4, 0.5) is 19.0 Å². The molecule has 0 spiro atoms.